The van der Waals surface area contributed by atoms with Crippen LogP contribution in [0.25, 0.3) is 0 Å². The Labute approximate surface area is 103 Å². The number of ether oxygens (including phenoxy) is 2. The number of carbonyl (C=O) groups excluding carboxylic acids is 2. The Morgan fingerprint density at radius 3 is 2.24 bits per heavy atom. The Hall–Kier alpha value is -1.32. The average molecular weight is 242 g/mol. The van der Waals surface area contributed by atoms with Crippen molar-refractivity contribution >= 4 is 11.9 Å². The second-order valence-electron chi connectivity index (χ2n) is 4.83. The molecule has 0 rings (SSSR count). The molecule has 0 heterocycles. The molecular weight excluding hydrogens is 220 g/mol. The molecule has 0 saturated heterocycles. The van der Waals surface area contributed by atoms with Crippen LogP contribution < -0.4 is 0 Å². The molecule has 4 heteroatoms. The van der Waals surface area contributed by atoms with E-state index in [1.807, 2.05) is 13.8 Å². The molecule has 0 aliphatic heterocycles. The normalized spacial score (nSPS) is 11.1. The van der Waals surface area contributed by atoms with E-state index in [1.54, 1.807) is 0 Å². The molecule has 0 aliphatic rings. The van der Waals surface area contributed by atoms with Crippen LogP contribution in [-0.2, 0) is 19.1 Å². The third-order valence-corrected chi connectivity index (χ3v) is 2.28. The topological polar surface area (TPSA) is 52.6 Å². The summed E-state index contributed by atoms with van der Waals surface area (Å²) in [6, 6.07) is 0. The van der Waals surface area contributed by atoms with E-state index < -0.39 is 17.4 Å². The highest BCUT2D eigenvalue weighted by atomic mass is 16.6. The van der Waals surface area contributed by atoms with Crippen LogP contribution >= 0.6 is 0 Å². The molecule has 4 nitrogen and oxygen atoms in total. The molecule has 0 aliphatic carbocycles. The number of hydrogen-bond donors (Lipinski definition) is 0. The van der Waals surface area contributed by atoms with Crippen LogP contribution in [0.15, 0.2) is 12.7 Å². The maximum atomic E-state index is 11.7. The van der Waals surface area contributed by atoms with Crippen molar-refractivity contribution < 1.29 is 19.1 Å². The van der Waals surface area contributed by atoms with E-state index in [0.29, 0.717) is 12.5 Å². The predicted octanol–water partition coefficient (Wildman–Crippen LogP) is 2.33. The van der Waals surface area contributed by atoms with Gasteiger partial charge < -0.3 is 9.47 Å². The zero-order valence-electron chi connectivity index (χ0n) is 11.1. The van der Waals surface area contributed by atoms with Gasteiger partial charge in [-0.2, -0.15) is 0 Å². The summed E-state index contributed by atoms with van der Waals surface area (Å²) >= 11 is 0. The van der Waals surface area contributed by atoms with Gasteiger partial charge >= 0.3 is 11.9 Å². The van der Waals surface area contributed by atoms with E-state index in [4.69, 9.17) is 9.47 Å². The average Bonchev–Trinajstić information content (AvgIpc) is 2.24. The smallest absolute Gasteiger partial charge is 0.323 e. The molecule has 0 amide bonds. The van der Waals surface area contributed by atoms with Crippen LogP contribution in [0.2, 0.25) is 0 Å². The summed E-state index contributed by atoms with van der Waals surface area (Å²) in [4.78, 5) is 23.3. The fourth-order valence-corrected chi connectivity index (χ4v) is 0.966. The molecule has 0 fully saturated rings. The first-order valence-electron chi connectivity index (χ1n) is 5.77. The van der Waals surface area contributed by atoms with Gasteiger partial charge in [-0.05, 0) is 26.2 Å². The lowest BCUT2D eigenvalue weighted by Gasteiger charge is -2.20. The third kappa shape index (κ3) is 5.52. The van der Waals surface area contributed by atoms with Gasteiger partial charge in [0.1, 0.15) is 6.61 Å². The first kappa shape index (κ1) is 15.7. The molecule has 98 valence electrons. The van der Waals surface area contributed by atoms with Crippen molar-refractivity contribution in [3.05, 3.63) is 12.7 Å². The lowest BCUT2D eigenvalue weighted by atomic mass is 9.94. The van der Waals surface area contributed by atoms with Crippen molar-refractivity contribution in [2.24, 2.45) is 11.3 Å². The van der Waals surface area contributed by atoms with Crippen molar-refractivity contribution in [1.29, 1.82) is 0 Å². The minimum absolute atomic E-state index is 0.0987. The Bertz CT molecular complexity index is 279. The molecule has 0 saturated carbocycles. The van der Waals surface area contributed by atoms with Gasteiger partial charge in [-0.25, -0.2) is 0 Å². The Balaban J connectivity index is 4.23. The predicted molar refractivity (Wildman–Crippen MR) is 65.4 cm³/mol. The SMILES string of the molecule is C=CCOC(=O)C(C)(C)C(=O)OCCC(C)C. The van der Waals surface area contributed by atoms with Crippen LogP contribution in [0.4, 0.5) is 0 Å². The minimum Gasteiger partial charge on any atom is -0.465 e. The summed E-state index contributed by atoms with van der Waals surface area (Å²) in [6.45, 7) is 10.9. The van der Waals surface area contributed by atoms with Crippen molar-refractivity contribution in [1.82, 2.24) is 0 Å². The number of hydrogen-bond acceptors (Lipinski definition) is 4. The van der Waals surface area contributed by atoms with Crippen LogP contribution in [0, 0.1) is 11.3 Å². The third-order valence-electron chi connectivity index (χ3n) is 2.28. The monoisotopic (exact) mass is 242 g/mol. The van der Waals surface area contributed by atoms with Crippen molar-refractivity contribution in [2.75, 3.05) is 13.2 Å². The number of carbonyl (C=O) groups is 2. The first-order valence-corrected chi connectivity index (χ1v) is 5.77. The molecule has 0 atom stereocenters. The lowest BCUT2D eigenvalue weighted by Crippen LogP contribution is -2.36. The van der Waals surface area contributed by atoms with Gasteiger partial charge in [0.05, 0.1) is 6.61 Å². The van der Waals surface area contributed by atoms with Gasteiger partial charge in [-0.1, -0.05) is 26.5 Å². The molecule has 0 unspecified atom stereocenters. The van der Waals surface area contributed by atoms with Crippen molar-refractivity contribution in [2.45, 2.75) is 34.1 Å². The van der Waals surface area contributed by atoms with Crippen LogP contribution in [0.3, 0.4) is 0 Å². The van der Waals surface area contributed by atoms with Crippen LogP contribution in [0.5, 0.6) is 0 Å². The van der Waals surface area contributed by atoms with E-state index in [1.165, 1.54) is 19.9 Å². The standard InChI is InChI=1S/C13H22O4/c1-6-8-16-11(14)13(4,5)12(15)17-9-7-10(2)3/h6,10H,1,7-9H2,2-5H3. The maximum Gasteiger partial charge on any atom is 0.323 e. The quantitative estimate of drug-likeness (QED) is 0.390. The summed E-state index contributed by atoms with van der Waals surface area (Å²) in [6.07, 6.45) is 2.24. The summed E-state index contributed by atoms with van der Waals surface area (Å²) in [5.74, 6) is -0.683. The first-order chi connectivity index (χ1) is 7.82. The fourth-order valence-electron chi connectivity index (χ4n) is 0.966. The van der Waals surface area contributed by atoms with Gasteiger partial charge in [0.2, 0.25) is 0 Å². The van der Waals surface area contributed by atoms with E-state index in [-0.39, 0.29) is 6.61 Å². The molecule has 0 aromatic carbocycles. The van der Waals surface area contributed by atoms with Gasteiger partial charge in [0.25, 0.3) is 0 Å². The van der Waals surface area contributed by atoms with Gasteiger partial charge in [-0.15, -0.1) is 0 Å². The largest absolute Gasteiger partial charge is 0.465 e. The fraction of sp³-hybridized carbons (Fsp3) is 0.692. The van der Waals surface area contributed by atoms with Crippen LogP contribution in [-0.4, -0.2) is 25.2 Å². The second-order valence-corrected chi connectivity index (χ2v) is 4.83. The number of rotatable bonds is 7. The van der Waals surface area contributed by atoms with E-state index in [9.17, 15) is 9.59 Å². The molecule has 0 N–H and O–H groups in total. The summed E-state index contributed by atoms with van der Waals surface area (Å²) in [5.41, 5.74) is -1.26. The molecule has 0 radical (unpaired) electrons. The van der Waals surface area contributed by atoms with Gasteiger partial charge in [-0.3, -0.25) is 9.59 Å². The second kappa shape index (κ2) is 7.09. The highest BCUT2D eigenvalue weighted by Crippen LogP contribution is 2.20. The molecule has 0 aromatic heterocycles. The zero-order chi connectivity index (χ0) is 13.5. The molecule has 0 aromatic rings. The van der Waals surface area contributed by atoms with Crippen LogP contribution in [0.1, 0.15) is 34.1 Å². The summed E-state index contributed by atoms with van der Waals surface area (Å²) in [7, 11) is 0. The van der Waals surface area contributed by atoms with Crippen molar-refractivity contribution in [3.8, 4) is 0 Å². The Kier molecular flexibility index (Phi) is 6.54. The Morgan fingerprint density at radius 2 is 1.76 bits per heavy atom. The van der Waals surface area contributed by atoms with Gasteiger partial charge in [0, 0.05) is 0 Å². The maximum absolute atomic E-state index is 11.7. The van der Waals surface area contributed by atoms with Gasteiger partial charge in [0.15, 0.2) is 5.41 Å². The molecule has 17 heavy (non-hydrogen) atoms. The van der Waals surface area contributed by atoms with E-state index in [2.05, 4.69) is 6.58 Å². The molecule has 0 spiro atoms. The highest BCUT2D eigenvalue weighted by Gasteiger charge is 2.39. The molecule has 0 bridgehead atoms. The number of esters is 2. The minimum atomic E-state index is -1.26. The summed E-state index contributed by atoms with van der Waals surface area (Å²) < 4.78 is 9.90. The van der Waals surface area contributed by atoms with E-state index in [0.717, 1.165) is 6.42 Å². The summed E-state index contributed by atoms with van der Waals surface area (Å²) in [5, 5.41) is 0. The van der Waals surface area contributed by atoms with E-state index >= 15 is 0 Å². The Morgan fingerprint density at radius 1 is 1.24 bits per heavy atom. The van der Waals surface area contributed by atoms with Crippen molar-refractivity contribution in [3.63, 3.8) is 0 Å². The highest BCUT2D eigenvalue weighted by molar-refractivity contribution is 5.99. The molecular formula is C13H22O4. The zero-order valence-corrected chi connectivity index (χ0v) is 11.1. The lowest BCUT2D eigenvalue weighted by molar-refractivity contribution is -0.169.